The van der Waals surface area contributed by atoms with E-state index < -0.39 is 143 Å². The number of allylic oxidation sites excluding steroid dienone is 2. The van der Waals surface area contributed by atoms with Crippen LogP contribution in [-0.2, 0) is 52.7 Å². The predicted molar refractivity (Wildman–Crippen MR) is 353 cm³/mol. The van der Waals surface area contributed by atoms with Crippen molar-refractivity contribution in [2.24, 2.45) is 35.5 Å². The number of nitrogens with one attached hydrogen (secondary N) is 4. The highest BCUT2D eigenvalue weighted by molar-refractivity contribution is 8.00. The maximum Gasteiger partial charge on any atom is 0.256 e. The zero-order valence-corrected chi connectivity index (χ0v) is 59.5. The lowest BCUT2D eigenvalue weighted by Crippen LogP contribution is -2.62. The molecule has 0 aromatic carbocycles. The lowest BCUT2D eigenvalue weighted by atomic mass is 9.95. The monoisotopic (exact) mass is 1300 g/mol. The number of aliphatic hydroxyl groups excluding tert-OH is 1. The van der Waals surface area contributed by atoms with E-state index in [1.165, 1.54) is 101 Å². The molecule has 0 spiro atoms. The van der Waals surface area contributed by atoms with Crippen LogP contribution < -0.4 is 21.3 Å². The van der Waals surface area contributed by atoms with Gasteiger partial charge in [-0.3, -0.25) is 52.7 Å². The number of rotatable bonds is 17. The Morgan fingerprint density at radius 1 is 0.495 bits per heavy atom. The number of carbonyl (C=O) groups is 11. The zero-order chi connectivity index (χ0) is 69.8. The third kappa shape index (κ3) is 22.9. The molecule has 5 N–H and O–H groups in total. The Bertz CT molecular complexity index is 2660. The Balaban J connectivity index is 3.09. The number of carbonyl (C=O) groups excluding carboxylic acids is 11. The van der Waals surface area contributed by atoms with E-state index in [0.717, 1.165) is 21.6 Å². The lowest BCUT2D eigenvalue weighted by Gasteiger charge is -2.40. The van der Waals surface area contributed by atoms with E-state index in [4.69, 9.17) is 0 Å². The number of pyridine rings is 1. The van der Waals surface area contributed by atoms with Gasteiger partial charge >= 0.3 is 0 Å². The molecule has 1 aromatic heterocycles. The fourth-order valence-electron chi connectivity index (χ4n) is 11.1. The van der Waals surface area contributed by atoms with E-state index in [-0.39, 0.29) is 68.1 Å². The molecular formula is C66H112N12O12S. The van der Waals surface area contributed by atoms with Crippen molar-refractivity contribution < 1.29 is 57.8 Å². The van der Waals surface area contributed by atoms with Gasteiger partial charge in [0.05, 0.1) is 11.1 Å². The molecule has 1 saturated heterocycles. The van der Waals surface area contributed by atoms with Gasteiger partial charge in [0.25, 0.3) is 5.91 Å². The summed E-state index contributed by atoms with van der Waals surface area (Å²) in [6, 6.07) is -7.63. The van der Waals surface area contributed by atoms with Crippen molar-refractivity contribution in [3.63, 3.8) is 0 Å². The van der Waals surface area contributed by atoms with Gasteiger partial charge in [-0.05, 0) is 120 Å². The molecule has 0 aliphatic carbocycles. The van der Waals surface area contributed by atoms with Gasteiger partial charge in [-0.15, -0.1) is 0 Å². The topological polar surface area (TPSA) is 292 Å². The third-order valence-corrected chi connectivity index (χ3v) is 17.9. The van der Waals surface area contributed by atoms with Crippen molar-refractivity contribution in [1.82, 2.24) is 60.6 Å². The first-order valence-corrected chi connectivity index (χ1v) is 33.1. The maximum atomic E-state index is 15.3. The molecule has 24 nitrogen and oxygen atoms in total. The minimum atomic E-state index is -1.61. The molecule has 1 aromatic rings. The quantitative estimate of drug-likeness (QED) is 0.134. The summed E-state index contributed by atoms with van der Waals surface area (Å²) in [5.74, 6) is -9.16. The first kappa shape index (κ1) is 80.5. The van der Waals surface area contributed by atoms with Gasteiger partial charge in [0.1, 0.15) is 60.4 Å². The van der Waals surface area contributed by atoms with Gasteiger partial charge in [-0.2, -0.15) is 0 Å². The SMILES string of the molecule is C/C=C/C[C@@H](C)C[C@H]1C(=O)N[C@@H](CC)C(=O)N(C)[C@H](Sc2ccccn2)C(=O)N(C)[C@@H](CC(C)C)C(=O)N[C@@H](C(C)C)C(=O)N(C)C(CC(C)C)C(=O)N[C@@H](C)C(=O)N[C@H](C)C(=O)N(C)[C@@H](CC(C)C)C(=O)N(C)[C@@H](CC(C)C)C(=O)N(C)[C@@H](C(C)O)C(=O)N1C. The molecule has 1 aliphatic heterocycles. The smallest absolute Gasteiger partial charge is 0.256 e. The van der Waals surface area contributed by atoms with Gasteiger partial charge in [-0.1, -0.05) is 113 Å². The second-order valence-electron chi connectivity index (χ2n) is 26.9. The van der Waals surface area contributed by atoms with Crippen LogP contribution in [0, 0.1) is 35.5 Å². The van der Waals surface area contributed by atoms with Crippen LogP contribution >= 0.6 is 11.8 Å². The molecule has 2 rings (SSSR count). The molecule has 2 heterocycles. The van der Waals surface area contributed by atoms with Crippen LogP contribution in [0.15, 0.2) is 41.6 Å². The number of hydrogen-bond acceptors (Lipinski definition) is 14. The predicted octanol–water partition coefficient (Wildman–Crippen LogP) is 4.54. The molecular weight excluding hydrogens is 1180 g/mol. The Kier molecular flexibility index (Phi) is 32.9. The van der Waals surface area contributed by atoms with Gasteiger partial charge in [-0.25, -0.2) is 4.98 Å². The summed E-state index contributed by atoms with van der Waals surface area (Å²) in [6.45, 7) is 27.9. The van der Waals surface area contributed by atoms with Gasteiger partial charge in [0.2, 0.25) is 59.1 Å². The minimum Gasteiger partial charge on any atom is -0.391 e. The standard InChI is InChI=1S/C66H112N12O12S/c1-24-26-29-42(13)36-49-57(82)70-46(25-2)60(85)78(23)66(91-52-30-27-28-31-67-52)65(90)74(19)48(33-38(5)6)58(83)71-53(41(11)12)63(88)72(17)47(32-37(3)4)56(81)68-43(14)55(80)69-44(15)59(84)75(20)50(34-39(7)8)61(86)76(21)51(35-40(9)10)62(87)77(22)54(45(16)79)64(89)73(49)18/h24,26-28,30-31,37-51,53-54,66,79H,25,29,32-36H2,1-23H3,(H,68,81)(H,69,80)(H,70,82)(H,71,83)/b26-24+/t42-,43+,44-,45?,46+,47?,48+,49+,50+,51+,53+,54+,66-/m1/s1. The second kappa shape index (κ2) is 37.2. The maximum absolute atomic E-state index is 15.3. The molecule has 0 bridgehead atoms. The molecule has 0 radical (unpaired) electrons. The molecule has 13 atom stereocenters. The van der Waals surface area contributed by atoms with Crippen molar-refractivity contribution in [2.75, 3.05) is 49.3 Å². The third-order valence-electron chi connectivity index (χ3n) is 16.7. The summed E-state index contributed by atoms with van der Waals surface area (Å²) in [5.41, 5.74) is 0. The van der Waals surface area contributed by atoms with E-state index in [1.807, 2.05) is 81.4 Å². The molecule has 25 heteroatoms. The Morgan fingerprint density at radius 2 is 0.923 bits per heavy atom. The minimum absolute atomic E-state index is 0.0155. The molecule has 514 valence electrons. The van der Waals surface area contributed by atoms with E-state index in [9.17, 15) is 33.9 Å². The first-order valence-electron chi connectivity index (χ1n) is 32.2. The normalized spacial score (nSPS) is 26.6. The van der Waals surface area contributed by atoms with Gasteiger partial charge in [0, 0.05) is 55.5 Å². The van der Waals surface area contributed by atoms with Gasteiger partial charge < -0.3 is 60.7 Å². The highest BCUT2D eigenvalue weighted by Crippen LogP contribution is 2.29. The van der Waals surface area contributed by atoms with E-state index >= 15 is 24.0 Å². The molecule has 0 saturated carbocycles. The van der Waals surface area contributed by atoms with Crippen molar-refractivity contribution >= 4 is 76.7 Å². The van der Waals surface area contributed by atoms with Gasteiger partial charge in [0.15, 0.2) is 5.37 Å². The number of aromatic nitrogens is 1. The highest BCUT2D eigenvalue weighted by Gasteiger charge is 2.45. The summed E-state index contributed by atoms with van der Waals surface area (Å²) < 4.78 is 0. The zero-order valence-electron chi connectivity index (χ0n) is 58.7. The number of thioether (sulfide) groups is 1. The number of aliphatic hydroxyl groups is 1. The molecule has 11 amide bonds. The Morgan fingerprint density at radius 3 is 1.38 bits per heavy atom. The van der Waals surface area contributed by atoms with Crippen LogP contribution in [0.25, 0.3) is 0 Å². The summed E-state index contributed by atoms with van der Waals surface area (Å²) >= 11 is 0.941. The molecule has 1 fully saturated rings. The van der Waals surface area contributed by atoms with E-state index in [0.29, 0.717) is 11.4 Å². The second-order valence-corrected chi connectivity index (χ2v) is 28.0. The molecule has 2 unspecified atom stereocenters. The van der Waals surface area contributed by atoms with Crippen LogP contribution in [0.1, 0.15) is 156 Å². The van der Waals surface area contributed by atoms with Crippen molar-refractivity contribution in [1.29, 1.82) is 0 Å². The van der Waals surface area contributed by atoms with Crippen LogP contribution in [0.5, 0.6) is 0 Å². The fraction of sp³-hybridized carbons (Fsp3) is 0.727. The summed E-state index contributed by atoms with van der Waals surface area (Å²) in [7, 11) is 9.86. The lowest BCUT2D eigenvalue weighted by molar-refractivity contribution is -0.157. The molecule has 91 heavy (non-hydrogen) atoms. The number of nitrogens with zero attached hydrogens (tertiary/aromatic N) is 8. The average Bonchev–Trinajstić information content (AvgIpc) is 0.893. The van der Waals surface area contributed by atoms with Crippen molar-refractivity contribution in [2.45, 2.75) is 233 Å². The van der Waals surface area contributed by atoms with Crippen molar-refractivity contribution in [3.8, 4) is 0 Å². The number of likely N-dealkylation sites (N-methyl/N-ethyl adjacent to an activating group) is 7. The largest absolute Gasteiger partial charge is 0.391 e. The number of amides is 11. The summed E-state index contributed by atoms with van der Waals surface area (Å²) in [6.07, 6.45) is 4.83. The van der Waals surface area contributed by atoms with Crippen molar-refractivity contribution in [3.05, 3.63) is 36.5 Å². The Hall–Kier alpha value is -6.63. The highest BCUT2D eigenvalue weighted by atomic mass is 32.2. The van der Waals surface area contributed by atoms with E-state index in [2.05, 4.69) is 26.3 Å². The Labute approximate surface area is 546 Å². The van der Waals surface area contributed by atoms with Crippen LogP contribution in [0.3, 0.4) is 0 Å². The van der Waals surface area contributed by atoms with E-state index in [1.54, 1.807) is 39.0 Å². The molecule has 1 aliphatic rings. The van der Waals surface area contributed by atoms with Crippen LogP contribution in [-0.4, -0.2) is 231 Å². The summed E-state index contributed by atoms with van der Waals surface area (Å²) in [4.78, 5) is 176. The first-order chi connectivity index (χ1) is 42.3. The summed E-state index contributed by atoms with van der Waals surface area (Å²) in [5, 5.41) is 21.7. The van der Waals surface area contributed by atoms with Crippen LogP contribution in [0.2, 0.25) is 0 Å². The fourth-order valence-corrected chi connectivity index (χ4v) is 12.2. The van der Waals surface area contributed by atoms with Crippen LogP contribution in [0.4, 0.5) is 0 Å². The number of hydrogen-bond donors (Lipinski definition) is 5. The average molecular weight is 1300 g/mol.